The molecule has 30 heavy (non-hydrogen) atoms. The van der Waals surface area contributed by atoms with Gasteiger partial charge in [-0.25, -0.2) is 14.4 Å². The van der Waals surface area contributed by atoms with Gasteiger partial charge in [0.05, 0.1) is 10.9 Å². The Morgan fingerprint density at radius 1 is 1.20 bits per heavy atom. The maximum Gasteiger partial charge on any atom is 0.282 e. The second-order valence-corrected chi connectivity index (χ2v) is 9.97. The van der Waals surface area contributed by atoms with E-state index < -0.39 is 21.6 Å². The van der Waals surface area contributed by atoms with Crippen molar-refractivity contribution in [2.45, 2.75) is 24.9 Å². The van der Waals surface area contributed by atoms with E-state index in [0.29, 0.717) is 25.2 Å². The third-order valence-electron chi connectivity index (χ3n) is 6.07. The van der Waals surface area contributed by atoms with E-state index in [9.17, 15) is 12.8 Å². The summed E-state index contributed by atoms with van der Waals surface area (Å²) in [5.41, 5.74) is 0.696. The zero-order valence-electron chi connectivity index (χ0n) is 16.6. The van der Waals surface area contributed by atoms with Crippen molar-refractivity contribution in [2.75, 3.05) is 31.6 Å². The molecule has 10 heteroatoms. The first-order valence-electron chi connectivity index (χ1n) is 9.91. The predicted octanol–water partition coefficient (Wildman–Crippen LogP) is 2.13. The van der Waals surface area contributed by atoms with Gasteiger partial charge < -0.3 is 9.88 Å². The molecule has 2 fully saturated rings. The Kier molecular flexibility index (Phi) is 4.53. The second-order valence-electron chi connectivity index (χ2n) is 8.01. The summed E-state index contributed by atoms with van der Waals surface area (Å²) in [5.74, 6) is 0.425. The lowest BCUT2D eigenvalue weighted by atomic mass is 10.2. The van der Waals surface area contributed by atoms with Crippen molar-refractivity contribution in [3.8, 4) is 0 Å². The molecule has 1 saturated heterocycles. The van der Waals surface area contributed by atoms with Gasteiger partial charge in [-0.15, -0.1) is 0 Å². The van der Waals surface area contributed by atoms with Crippen molar-refractivity contribution >= 4 is 27.1 Å². The molecule has 0 unspecified atom stereocenters. The number of hydrogen-bond acceptors (Lipinski definition) is 5. The lowest BCUT2D eigenvalue weighted by molar-refractivity contribution is 0.249. The van der Waals surface area contributed by atoms with Crippen molar-refractivity contribution in [1.29, 1.82) is 0 Å². The van der Waals surface area contributed by atoms with Crippen LogP contribution < -0.4 is 4.90 Å². The molecule has 0 atom stereocenters. The molecule has 1 aromatic carbocycles. The standard InChI is InChI=1S/C20H23FN6O2S/c1-25(12-15-4-2-3-5-17(15)21)30(28,29)27-11-10-26(13-20(27)7-8-20)19-16-6-9-22-18(16)23-14-24-19/h2-6,9,14H,7-8,10-13H2,1H3,(H,22,23,24). The number of anilines is 1. The van der Waals surface area contributed by atoms with Crippen molar-refractivity contribution in [1.82, 2.24) is 23.6 Å². The lowest BCUT2D eigenvalue weighted by Crippen LogP contribution is -2.59. The van der Waals surface area contributed by atoms with Crippen molar-refractivity contribution in [2.24, 2.45) is 0 Å². The third-order valence-corrected chi connectivity index (χ3v) is 8.11. The van der Waals surface area contributed by atoms with Crippen LogP contribution in [0, 0.1) is 5.82 Å². The van der Waals surface area contributed by atoms with E-state index in [1.54, 1.807) is 22.5 Å². The first-order chi connectivity index (χ1) is 14.4. The Morgan fingerprint density at radius 2 is 2.00 bits per heavy atom. The average Bonchev–Trinajstić information content (AvgIpc) is 3.30. The Bertz CT molecular complexity index is 1190. The highest BCUT2D eigenvalue weighted by Crippen LogP contribution is 2.47. The monoisotopic (exact) mass is 430 g/mol. The Hall–Kier alpha value is -2.56. The summed E-state index contributed by atoms with van der Waals surface area (Å²) < 4.78 is 43.6. The Labute approximate surface area is 174 Å². The lowest BCUT2D eigenvalue weighted by Gasteiger charge is -2.43. The molecular formula is C20H23FN6O2S. The largest absolute Gasteiger partial charge is 0.353 e. The predicted molar refractivity (Wildman–Crippen MR) is 112 cm³/mol. The SMILES string of the molecule is CN(Cc1ccccc1F)S(=O)(=O)N1CCN(c2ncnc3[nH]ccc23)CC12CC2. The molecule has 1 aliphatic heterocycles. The number of H-pyrrole nitrogens is 1. The fourth-order valence-corrected chi connectivity index (χ4v) is 5.96. The number of hydrogen-bond donors (Lipinski definition) is 1. The number of piperazine rings is 1. The summed E-state index contributed by atoms with van der Waals surface area (Å²) in [4.78, 5) is 13.9. The molecule has 0 bridgehead atoms. The van der Waals surface area contributed by atoms with E-state index in [-0.39, 0.29) is 6.54 Å². The fraction of sp³-hybridized carbons (Fsp3) is 0.400. The second kappa shape index (κ2) is 7.00. The number of halogens is 1. The first-order valence-corrected chi connectivity index (χ1v) is 11.3. The summed E-state index contributed by atoms with van der Waals surface area (Å²) in [6.45, 7) is 1.48. The van der Waals surface area contributed by atoms with Gasteiger partial charge in [-0.3, -0.25) is 0 Å². The summed E-state index contributed by atoms with van der Waals surface area (Å²) in [6.07, 6.45) is 4.96. The smallest absolute Gasteiger partial charge is 0.282 e. The molecule has 1 N–H and O–H groups in total. The van der Waals surface area contributed by atoms with Crippen molar-refractivity contribution in [3.63, 3.8) is 0 Å². The number of fused-ring (bicyclic) bond motifs is 1. The normalized spacial score (nSPS) is 19.1. The number of rotatable bonds is 5. The van der Waals surface area contributed by atoms with Gasteiger partial charge >= 0.3 is 0 Å². The molecule has 158 valence electrons. The summed E-state index contributed by atoms with van der Waals surface area (Å²) >= 11 is 0. The van der Waals surface area contributed by atoms with E-state index in [4.69, 9.17) is 0 Å². The number of aromatic nitrogens is 3. The molecule has 0 amide bonds. The summed E-state index contributed by atoms with van der Waals surface area (Å²) in [5, 5.41) is 0.932. The van der Waals surface area contributed by atoms with E-state index in [0.717, 1.165) is 29.7 Å². The molecule has 2 aromatic heterocycles. The minimum atomic E-state index is -3.73. The number of nitrogens with zero attached hydrogens (tertiary/aromatic N) is 5. The number of benzene rings is 1. The van der Waals surface area contributed by atoms with Gasteiger partial charge in [-0.1, -0.05) is 18.2 Å². The average molecular weight is 431 g/mol. The van der Waals surface area contributed by atoms with E-state index in [1.807, 2.05) is 12.3 Å². The van der Waals surface area contributed by atoms with Crippen molar-refractivity contribution < 1.29 is 12.8 Å². The molecular weight excluding hydrogens is 407 g/mol. The van der Waals surface area contributed by atoms with Crippen LogP contribution in [0.4, 0.5) is 10.2 Å². The van der Waals surface area contributed by atoms with Crippen LogP contribution in [0.2, 0.25) is 0 Å². The molecule has 1 aliphatic carbocycles. The van der Waals surface area contributed by atoms with E-state index in [2.05, 4.69) is 19.9 Å². The fourth-order valence-electron chi connectivity index (χ4n) is 4.28. The van der Waals surface area contributed by atoms with Gasteiger partial charge in [0.2, 0.25) is 0 Å². The highest BCUT2D eigenvalue weighted by atomic mass is 32.2. The van der Waals surface area contributed by atoms with Gasteiger partial charge in [0, 0.05) is 45.0 Å². The van der Waals surface area contributed by atoms with Crippen LogP contribution in [0.1, 0.15) is 18.4 Å². The summed E-state index contributed by atoms with van der Waals surface area (Å²) in [6, 6.07) is 8.21. The van der Waals surface area contributed by atoms with Crippen molar-refractivity contribution in [3.05, 3.63) is 54.2 Å². The summed E-state index contributed by atoms with van der Waals surface area (Å²) in [7, 11) is -2.21. The molecule has 1 saturated carbocycles. The van der Waals surface area contributed by atoms with Gasteiger partial charge in [-0.05, 0) is 25.0 Å². The third kappa shape index (κ3) is 3.15. The number of nitrogens with one attached hydrogen (secondary N) is 1. The van der Waals surface area contributed by atoms with Crippen LogP contribution >= 0.6 is 0 Å². The van der Waals surface area contributed by atoms with Crippen LogP contribution in [0.5, 0.6) is 0 Å². The first kappa shape index (κ1) is 19.4. The van der Waals surface area contributed by atoms with Crippen LogP contribution in [0.3, 0.4) is 0 Å². The van der Waals surface area contributed by atoms with Crippen LogP contribution in [-0.4, -0.2) is 64.2 Å². The van der Waals surface area contributed by atoms with E-state index in [1.165, 1.54) is 23.7 Å². The Morgan fingerprint density at radius 3 is 2.77 bits per heavy atom. The van der Waals surface area contributed by atoms with Gasteiger partial charge in [0.1, 0.15) is 23.6 Å². The molecule has 5 rings (SSSR count). The highest BCUT2D eigenvalue weighted by Gasteiger charge is 2.56. The molecule has 0 radical (unpaired) electrons. The molecule has 1 spiro atoms. The van der Waals surface area contributed by atoms with Crippen LogP contribution in [0.25, 0.3) is 11.0 Å². The maximum atomic E-state index is 14.0. The van der Waals surface area contributed by atoms with Crippen LogP contribution in [-0.2, 0) is 16.8 Å². The minimum absolute atomic E-state index is 0.00117. The highest BCUT2D eigenvalue weighted by molar-refractivity contribution is 7.86. The van der Waals surface area contributed by atoms with Gasteiger partial charge in [0.15, 0.2) is 0 Å². The van der Waals surface area contributed by atoms with E-state index >= 15 is 0 Å². The Balaban J connectivity index is 1.38. The maximum absolute atomic E-state index is 14.0. The molecule has 2 aliphatic rings. The molecule has 3 aromatic rings. The van der Waals surface area contributed by atoms with Crippen LogP contribution in [0.15, 0.2) is 42.9 Å². The van der Waals surface area contributed by atoms with Gasteiger partial charge in [-0.2, -0.15) is 17.0 Å². The topological polar surface area (TPSA) is 85.4 Å². The zero-order valence-corrected chi connectivity index (χ0v) is 17.4. The zero-order chi connectivity index (χ0) is 20.9. The molecule has 3 heterocycles. The molecule has 8 nitrogen and oxygen atoms in total. The van der Waals surface area contributed by atoms with Gasteiger partial charge in [0.25, 0.3) is 10.2 Å². The number of aromatic amines is 1. The quantitative estimate of drug-likeness (QED) is 0.670. The minimum Gasteiger partial charge on any atom is -0.353 e.